The van der Waals surface area contributed by atoms with Gasteiger partial charge in [-0.15, -0.1) is 11.3 Å². The van der Waals surface area contributed by atoms with Gasteiger partial charge in [-0.05, 0) is 30.7 Å². The molecule has 0 amide bonds. The Labute approximate surface area is 137 Å². The zero-order valence-corrected chi connectivity index (χ0v) is 13.2. The first-order chi connectivity index (χ1) is 11.1. The summed E-state index contributed by atoms with van der Waals surface area (Å²) in [6.45, 7) is 2.02. The van der Waals surface area contributed by atoms with Crippen LogP contribution in [0.3, 0.4) is 0 Å². The van der Waals surface area contributed by atoms with Crippen molar-refractivity contribution in [3.63, 3.8) is 0 Å². The Morgan fingerprint density at radius 1 is 1.13 bits per heavy atom. The summed E-state index contributed by atoms with van der Waals surface area (Å²) in [4.78, 5) is 20.3. The monoisotopic (exact) mass is 322 g/mol. The number of nitrogens with zero attached hydrogens (tertiary/aromatic N) is 2. The van der Waals surface area contributed by atoms with Gasteiger partial charge in [0.2, 0.25) is 0 Å². The normalized spacial score (nSPS) is 11.0. The lowest BCUT2D eigenvalue weighted by molar-refractivity contribution is 0.0701. The highest BCUT2D eigenvalue weighted by Gasteiger charge is 2.16. The van der Waals surface area contributed by atoms with Crippen molar-refractivity contribution < 1.29 is 9.90 Å². The first-order valence-electron chi connectivity index (χ1n) is 7.04. The summed E-state index contributed by atoms with van der Waals surface area (Å²) < 4.78 is 0. The molecule has 0 atom stereocenters. The zero-order valence-electron chi connectivity index (χ0n) is 12.4. The van der Waals surface area contributed by atoms with Crippen LogP contribution in [0.1, 0.15) is 26.5 Å². The molecule has 2 aromatic heterocycles. The summed E-state index contributed by atoms with van der Waals surface area (Å²) in [5.41, 5.74) is 3.30. The van der Waals surface area contributed by atoms with Crippen LogP contribution in [0, 0.1) is 6.92 Å². The van der Waals surface area contributed by atoms with Crippen LogP contribution < -0.4 is 0 Å². The van der Waals surface area contributed by atoms with Crippen LogP contribution in [0.25, 0.3) is 22.9 Å². The van der Waals surface area contributed by atoms with Crippen molar-refractivity contribution in [3.8, 4) is 10.7 Å². The summed E-state index contributed by atoms with van der Waals surface area (Å²) in [6, 6.07) is 13.5. The minimum Gasteiger partial charge on any atom is -0.477 e. The average molecular weight is 322 g/mol. The van der Waals surface area contributed by atoms with Gasteiger partial charge >= 0.3 is 5.97 Å². The Kier molecular flexibility index (Phi) is 4.30. The maximum absolute atomic E-state index is 11.4. The number of hydrogen-bond donors (Lipinski definition) is 1. The van der Waals surface area contributed by atoms with E-state index in [0.717, 1.165) is 16.9 Å². The first-order valence-corrected chi connectivity index (χ1v) is 7.85. The van der Waals surface area contributed by atoms with Crippen molar-refractivity contribution in [1.82, 2.24) is 9.97 Å². The first kappa shape index (κ1) is 15.1. The van der Waals surface area contributed by atoms with E-state index in [-0.39, 0.29) is 4.88 Å². The molecule has 0 fully saturated rings. The van der Waals surface area contributed by atoms with E-state index in [1.807, 2.05) is 55.5 Å². The van der Waals surface area contributed by atoms with E-state index >= 15 is 0 Å². The molecule has 3 rings (SSSR count). The van der Waals surface area contributed by atoms with Crippen LogP contribution in [-0.2, 0) is 0 Å². The highest BCUT2D eigenvalue weighted by atomic mass is 32.1. The van der Waals surface area contributed by atoms with E-state index in [1.165, 1.54) is 5.56 Å². The van der Waals surface area contributed by atoms with Gasteiger partial charge in [-0.25, -0.2) is 9.78 Å². The topological polar surface area (TPSA) is 63.1 Å². The second-order valence-corrected chi connectivity index (χ2v) is 6.00. The number of carboxylic acid groups (broad SMARTS) is 1. The third-order valence-electron chi connectivity index (χ3n) is 3.24. The van der Waals surface area contributed by atoms with E-state index in [2.05, 4.69) is 9.97 Å². The van der Waals surface area contributed by atoms with E-state index in [9.17, 15) is 9.90 Å². The number of benzene rings is 1. The summed E-state index contributed by atoms with van der Waals surface area (Å²) in [6.07, 6.45) is 5.26. The van der Waals surface area contributed by atoms with Gasteiger partial charge in [0.1, 0.15) is 9.88 Å². The van der Waals surface area contributed by atoms with Gasteiger partial charge in [0.25, 0.3) is 0 Å². The van der Waals surface area contributed by atoms with Crippen molar-refractivity contribution in [2.75, 3.05) is 0 Å². The van der Waals surface area contributed by atoms with Gasteiger partial charge in [0, 0.05) is 6.20 Å². The Balaban J connectivity index is 1.96. The van der Waals surface area contributed by atoms with Crippen molar-refractivity contribution in [2.45, 2.75) is 6.92 Å². The molecule has 0 unspecified atom stereocenters. The number of hydrogen-bond acceptors (Lipinski definition) is 4. The van der Waals surface area contributed by atoms with Crippen LogP contribution in [0.4, 0.5) is 0 Å². The second-order valence-electron chi connectivity index (χ2n) is 5.00. The van der Waals surface area contributed by atoms with Gasteiger partial charge in [0.15, 0.2) is 0 Å². The van der Waals surface area contributed by atoms with E-state index in [0.29, 0.717) is 16.4 Å². The Morgan fingerprint density at radius 3 is 2.57 bits per heavy atom. The smallest absolute Gasteiger partial charge is 0.348 e. The Morgan fingerprint density at radius 2 is 1.91 bits per heavy atom. The highest BCUT2D eigenvalue weighted by Crippen LogP contribution is 2.28. The zero-order chi connectivity index (χ0) is 16.2. The predicted molar refractivity (Wildman–Crippen MR) is 92.4 cm³/mol. The van der Waals surface area contributed by atoms with E-state index < -0.39 is 5.97 Å². The predicted octanol–water partition coefficient (Wildman–Crippen LogP) is 4.38. The number of aromatic nitrogens is 2. The number of thiazole rings is 1. The van der Waals surface area contributed by atoms with Gasteiger partial charge in [-0.1, -0.05) is 42.0 Å². The minimum absolute atomic E-state index is 0.217. The molecule has 1 aromatic carbocycles. The number of carboxylic acids is 1. The van der Waals surface area contributed by atoms with Crippen molar-refractivity contribution >= 4 is 29.5 Å². The van der Waals surface area contributed by atoms with Gasteiger partial charge in [-0.3, -0.25) is 4.98 Å². The summed E-state index contributed by atoms with van der Waals surface area (Å²) in [5.74, 6) is -0.978. The summed E-state index contributed by atoms with van der Waals surface area (Å²) in [5, 5.41) is 9.98. The molecule has 0 radical (unpaired) electrons. The minimum atomic E-state index is -0.978. The molecule has 4 nitrogen and oxygen atoms in total. The highest BCUT2D eigenvalue weighted by molar-refractivity contribution is 7.17. The average Bonchev–Trinajstić information content (AvgIpc) is 3.00. The molecule has 0 saturated heterocycles. The van der Waals surface area contributed by atoms with Crippen LogP contribution in [0.15, 0.2) is 48.7 Å². The second kappa shape index (κ2) is 6.54. The molecular weight excluding hydrogens is 308 g/mol. The van der Waals surface area contributed by atoms with Crippen LogP contribution in [0.5, 0.6) is 0 Å². The third kappa shape index (κ3) is 3.52. The molecule has 23 heavy (non-hydrogen) atoms. The molecular formula is C18H14N2O2S. The Bertz CT molecular complexity index is 852. The Hall–Kier alpha value is -2.79. The van der Waals surface area contributed by atoms with Crippen molar-refractivity contribution in [1.29, 1.82) is 0 Å². The molecule has 2 heterocycles. The molecule has 114 valence electrons. The number of aromatic carboxylic acids is 1. The van der Waals surface area contributed by atoms with E-state index in [1.54, 1.807) is 12.3 Å². The molecule has 0 aliphatic heterocycles. The lowest BCUT2D eigenvalue weighted by Gasteiger charge is -1.95. The fourth-order valence-corrected chi connectivity index (χ4v) is 2.92. The lowest BCUT2D eigenvalue weighted by atomic mass is 10.1. The standard InChI is InChI=1S/C18H14N2O2S/c1-12-5-7-13(8-6-12)9-10-14-16(18(21)22)23-17(20-14)15-4-2-3-11-19-15/h2-11H,1H3,(H,21,22)/b10-9+. The molecule has 0 spiro atoms. The van der Waals surface area contributed by atoms with Crippen LogP contribution >= 0.6 is 11.3 Å². The summed E-state index contributed by atoms with van der Waals surface area (Å²) >= 11 is 1.13. The van der Waals surface area contributed by atoms with Gasteiger partial charge in [0.05, 0.1) is 11.4 Å². The van der Waals surface area contributed by atoms with Gasteiger partial charge < -0.3 is 5.11 Å². The van der Waals surface area contributed by atoms with Gasteiger partial charge in [-0.2, -0.15) is 0 Å². The number of pyridine rings is 1. The van der Waals surface area contributed by atoms with Crippen molar-refractivity contribution in [3.05, 3.63) is 70.4 Å². The molecule has 5 heteroatoms. The number of aryl methyl sites for hydroxylation is 1. The summed E-state index contributed by atoms with van der Waals surface area (Å²) in [7, 11) is 0. The van der Waals surface area contributed by atoms with Crippen LogP contribution in [0.2, 0.25) is 0 Å². The molecule has 0 saturated carbocycles. The molecule has 0 aliphatic carbocycles. The van der Waals surface area contributed by atoms with Crippen molar-refractivity contribution in [2.24, 2.45) is 0 Å². The fourth-order valence-electron chi connectivity index (χ4n) is 2.05. The number of rotatable bonds is 4. The van der Waals surface area contributed by atoms with Crippen LogP contribution in [-0.4, -0.2) is 21.0 Å². The van der Waals surface area contributed by atoms with E-state index in [4.69, 9.17) is 0 Å². The maximum Gasteiger partial charge on any atom is 0.348 e. The molecule has 3 aromatic rings. The quantitative estimate of drug-likeness (QED) is 0.774. The SMILES string of the molecule is Cc1ccc(/C=C/c2nc(-c3ccccn3)sc2C(=O)O)cc1. The number of carbonyl (C=O) groups is 1. The third-order valence-corrected chi connectivity index (χ3v) is 4.32. The molecule has 0 bridgehead atoms. The lowest BCUT2D eigenvalue weighted by Crippen LogP contribution is -1.94. The molecule has 0 aliphatic rings. The largest absolute Gasteiger partial charge is 0.477 e. The maximum atomic E-state index is 11.4. The molecule has 1 N–H and O–H groups in total. The fraction of sp³-hybridized carbons (Fsp3) is 0.0556.